The fraction of sp³-hybridized carbons (Fsp3) is 0.0833. The highest BCUT2D eigenvalue weighted by atomic mass is 35.5. The molecule has 0 aliphatic carbocycles. The summed E-state index contributed by atoms with van der Waals surface area (Å²) in [6, 6.07) is 18.8. The summed E-state index contributed by atoms with van der Waals surface area (Å²) in [6.45, 7) is 0.239. The van der Waals surface area contributed by atoms with Crippen molar-refractivity contribution < 1.29 is 4.74 Å². The minimum atomic E-state index is 0.220. The summed E-state index contributed by atoms with van der Waals surface area (Å²) in [7, 11) is 0. The van der Waals surface area contributed by atoms with Crippen molar-refractivity contribution in [3.05, 3.63) is 98.1 Å². The summed E-state index contributed by atoms with van der Waals surface area (Å²) >= 11 is 29.1. The average Bonchev–Trinajstić information content (AvgIpc) is 2.80. The predicted molar refractivity (Wildman–Crippen MR) is 136 cm³/mol. The molecule has 0 aliphatic heterocycles. The Morgan fingerprint density at radius 1 is 0.750 bits per heavy atom. The largest absolute Gasteiger partial charge is 0.459 e. The molecule has 1 aromatic heterocycles. The van der Waals surface area contributed by atoms with Crippen LogP contribution in [0.1, 0.15) is 11.1 Å². The molecule has 0 unspecified atom stereocenters. The smallest absolute Gasteiger partial charge is 0.317 e. The van der Waals surface area contributed by atoms with Crippen molar-refractivity contribution in [1.29, 1.82) is 0 Å². The number of ether oxygens (including phenoxy) is 1. The Kier molecular flexibility index (Phi) is 7.49. The highest BCUT2D eigenvalue weighted by Crippen LogP contribution is 2.36. The maximum atomic E-state index is 6.60. The van der Waals surface area contributed by atoms with Gasteiger partial charge in [0.1, 0.15) is 6.61 Å². The van der Waals surface area contributed by atoms with Crippen LogP contribution in [0.3, 0.4) is 0 Å². The number of hydrogen-bond acceptors (Lipinski definition) is 4. The molecule has 0 aliphatic rings. The minimum absolute atomic E-state index is 0.220. The van der Waals surface area contributed by atoms with Gasteiger partial charge in [-0.25, -0.2) is 4.98 Å². The Hall–Kier alpha value is -1.95. The van der Waals surface area contributed by atoms with E-state index in [0.29, 0.717) is 31.5 Å². The standard InChI is InChI=1S/C24H16Cl4N2OS/c25-17-5-3-16(4-6-17)19-11-29-24(31-12-14-2-8-20(26)22(28)9-14)30-23(19)18-7-1-15(13-32)10-21(18)27/h1-11,32H,12-13H2. The van der Waals surface area contributed by atoms with Gasteiger partial charge in [0.15, 0.2) is 0 Å². The molecular formula is C24H16Cl4N2OS. The molecule has 32 heavy (non-hydrogen) atoms. The van der Waals surface area contributed by atoms with E-state index in [2.05, 4.69) is 22.6 Å². The second kappa shape index (κ2) is 10.3. The third-order valence-electron chi connectivity index (χ3n) is 4.75. The Labute approximate surface area is 211 Å². The van der Waals surface area contributed by atoms with E-state index in [-0.39, 0.29) is 12.6 Å². The van der Waals surface area contributed by atoms with Gasteiger partial charge < -0.3 is 4.74 Å². The summed E-state index contributed by atoms with van der Waals surface area (Å²) in [5.41, 5.74) is 5.01. The Balaban J connectivity index is 1.73. The van der Waals surface area contributed by atoms with Crippen LogP contribution < -0.4 is 4.74 Å². The van der Waals surface area contributed by atoms with Crippen molar-refractivity contribution in [2.75, 3.05) is 0 Å². The number of thiol groups is 1. The molecule has 0 fully saturated rings. The minimum Gasteiger partial charge on any atom is -0.459 e. The van der Waals surface area contributed by atoms with Crippen molar-refractivity contribution in [3.8, 4) is 28.4 Å². The molecule has 0 saturated carbocycles. The van der Waals surface area contributed by atoms with Gasteiger partial charge in [0.2, 0.25) is 0 Å². The van der Waals surface area contributed by atoms with Crippen LogP contribution in [0.2, 0.25) is 20.1 Å². The highest BCUT2D eigenvalue weighted by molar-refractivity contribution is 7.79. The molecule has 0 atom stereocenters. The molecule has 4 aromatic rings. The van der Waals surface area contributed by atoms with Crippen molar-refractivity contribution in [2.24, 2.45) is 0 Å². The maximum Gasteiger partial charge on any atom is 0.317 e. The van der Waals surface area contributed by atoms with E-state index in [0.717, 1.165) is 27.8 Å². The first-order chi connectivity index (χ1) is 15.4. The quantitative estimate of drug-likeness (QED) is 0.258. The van der Waals surface area contributed by atoms with Crippen LogP contribution in [-0.4, -0.2) is 9.97 Å². The van der Waals surface area contributed by atoms with Crippen LogP contribution in [0.25, 0.3) is 22.4 Å². The van der Waals surface area contributed by atoms with Crippen molar-refractivity contribution in [2.45, 2.75) is 12.4 Å². The van der Waals surface area contributed by atoms with Crippen LogP contribution in [0.5, 0.6) is 6.01 Å². The van der Waals surface area contributed by atoms with Crippen molar-refractivity contribution in [3.63, 3.8) is 0 Å². The number of nitrogens with zero attached hydrogens (tertiary/aromatic N) is 2. The normalized spacial score (nSPS) is 10.9. The lowest BCUT2D eigenvalue weighted by Gasteiger charge is -2.13. The fourth-order valence-electron chi connectivity index (χ4n) is 3.11. The van der Waals surface area contributed by atoms with Gasteiger partial charge in [-0.05, 0) is 47.0 Å². The Morgan fingerprint density at radius 3 is 2.16 bits per heavy atom. The molecule has 3 aromatic carbocycles. The molecule has 4 rings (SSSR count). The van der Waals surface area contributed by atoms with E-state index in [1.807, 2.05) is 48.5 Å². The van der Waals surface area contributed by atoms with Gasteiger partial charge in [-0.1, -0.05) is 76.7 Å². The van der Waals surface area contributed by atoms with Crippen LogP contribution in [0, 0.1) is 0 Å². The number of rotatable bonds is 6. The summed E-state index contributed by atoms with van der Waals surface area (Å²) in [5, 5.41) is 2.17. The Bertz CT molecular complexity index is 1270. The lowest BCUT2D eigenvalue weighted by molar-refractivity contribution is 0.281. The maximum absolute atomic E-state index is 6.60. The monoisotopic (exact) mass is 520 g/mol. The molecule has 162 valence electrons. The molecule has 3 nitrogen and oxygen atoms in total. The van der Waals surface area contributed by atoms with Gasteiger partial charge in [-0.15, -0.1) is 0 Å². The van der Waals surface area contributed by atoms with E-state index in [4.69, 9.17) is 51.1 Å². The molecule has 0 N–H and O–H groups in total. The zero-order valence-corrected chi connectivity index (χ0v) is 20.4. The van der Waals surface area contributed by atoms with Gasteiger partial charge in [0.05, 0.1) is 20.8 Å². The van der Waals surface area contributed by atoms with E-state index < -0.39 is 0 Å². The van der Waals surface area contributed by atoms with Crippen LogP contribution in [0.15, 0.2) is 66.9 Å². The third kappa shape index (κ3) is 5.33. The summed E-state index contributed by atoms with van der Waals surface area (Å²) in [4.78, 5) is 9.09. The first-order valence-corrected chi connectivity index (χ1v) is 11.7. The number of hydrogen-bond donors (Lipinski definition) is 1. The number of aromatic nitrogens is 2. The second-order valence-electron chi connectivity index (χ2n) is 6.93. The lowest BCUT2D eigenvalue weighted by Crippen LogP contribution is -2.02. The van der Waals surface area contributed by atoms with Crippen LogP contribution in [0.4, 0.5) is 0 Å². The molecule has 0 saturated heterocycles. The highest BCUT2D eigenvalue weighted by Gasteiger charge is 2.16. The fourth-order valence-corrected chi connectivity index (χ4v) is 4.04. The molecule has 0 radical (unpaired) electrons. The predicted octanol–water partition coefficient (Wildman–Crippen LogP) is 8.43. The first kappa shape index (κ1) is 23.2. The molecule has 0 spiro atoms. The van der Waals surface area contributed by atoms with Gasteiger partial charge in [-0.2, -0.15) is 17.6 Å². The zero-order chi connectivity index (χ0) is 22.7. The summed E-state index contributed by atoms with van der Waals surface area (Å²) < 4.78 is 5.84. The molecular weight excluding hydrogens is 506 g/mol. The van der Waals surface area contributed by atoms with E-state index in [1.165, 1.54) is 0 Å². The average molecular weight is 522 g/mol. The lowest BCUT2D eigenvalue weighted by atomic mass is 10.00. The van der Waals surface area contributed by atoms with Gasteiger partial charge in [0.25, 0.3) is 0 Å². The van der Waals surface area contributed by atoms with Gasteiger partial charge in [-0.3, -0.25) is 0 Å². The Morgan fingerprint density at radius 2 is 1.47 bits per heavy atom. The van der Waals surface area contributed by atoms with E-state index in [9.17, 15) is 0 Å². The molecule has 1 heterocycles. The molecule has 0 amide bonds. The number of benzene rings is 3. The third-order valence-corrected chi connectivity index (χ3v) is 6.41. The number of halogens is 4. The van der Waals surface area contributed by atoms with Crippen molar-refractivity contribution >= 4 is 59.0 Å². The van der Waals surface area contributed by atoms with E-state index >= 15 is 0 Å². The first-order valence-electron chi connectivity index (χ1n) is 9.54. The summed E-state index contributed by atoms with van der Waals surface area (Å²) in [5.74, 6) is 0.589. The summed E-state index contributed by atoms with van der Waals surface area (Å²) in [6.07, 6.45) is 1.72. The van der Waals surface area contributed by atoms with Gasteiger partial charge >= 0.3 is 6.01 Å². The second-order valence-corrected chi connectivity index (χ2v) is 8.91. The SMILES string of the molecule is SCc1ccc(-c2nc(OCc3ccc(Cl)c(Cl)c3)ncc2-c2ccc(Cl)cc2)c(Cl)c1. The van der Waals surface area contributed by atoms with Gasteiger partial charge in [0, 0.05) is 28.1 Å². The van der Waals surface area contributed by atoms with Crippen LogP contribution in [-0.2, 0) is 12.4 Å². The molecule has 0 bridgehead atoms. The molecule has 8 heteroatoms. The van der Waals surface area contributed by atoms with Crippen LogP contribution >= 0.6 is 59.0 Å². The van der Waals surface area contributed by atoms with E-state index in [1.54, 1.807) is 18.3 Å². The topological polar surface area (TPSA) is 35.0 Å². The van der Waals surface area contributed by atoms with Crippen molar-refractivity contribution in [1.82, 2.24) is 9.97 Å². The zero-order valence-electron chi connectivity index (χ0n) is 16.5.